The van der Waals surface area contributed by atoms with Gasteiger partial charge in [-0.1, -0.05) is 19.1 Å². The van der Waals surface area contributed by atoms with Crippen LogP contribution in [0.2, 0.25) is 0 Å². The minimum atomic E-state index is 0.0799. The van der Waals surface area contributed by atoms with Crippen LogP contribution in [-0.2, 0) is 6.42 Å². The van der Waals surface area contributed by atoms with E-state index in [2.05, 4.69) is 46.5 Å². The number of hydrogen-bond acceptors (Lipinski definition) is 2. The molecule has 1 aromatic carbocycles. The summed E-state index contributed by atoms with van der Waals surface area (Å²) in [5.74, 6) is 0.485. The number of benzene rings is 1. The highest BCUT2D eigenvalue weighted by molar-refractivity contribution is 5.88. The molecule has 2 aliphatic rings. The summed E-state index contributed by atoms with van der Waals surface area (Å²) < 4.78 is 0. The summed E-state index contributed by atoms with van der Waals surface area (Å²) in [5, 5.41) is 4.75. The van der Waals surface area contributed by atoms with Crippen molar-refractivity contribution in [1.82, 2.24) is 20.1 Å². The largest absolute Gasteiger partial charge is 0.361 e. The quantitative estimate of drug-likeness (QED) is 0.845. The number of rotatable bonds is 5. The van der Waals surface area contributed by atoms with E-state index in [1.165, 1.54) is 22.0 Å². The Balaban J connectivity index is 1.63. The third-order valence-electron chi connectivity index (χ3n) is 6.46. The van der Waals surface area contributed by atoms with Crippen LogP contribution in [0.3, 0.4) is 0 Å². The van der Waals surface area contributed by atoms with E-state index < -0.39 is 0 Å². The molecule has 5 heteroatoms. The fourth-order valence-corrected chi connectivity index (χ4v) is 5.22. The topological polar surface area (TPSA) is 51.4 Å². The van der Waals surface area contributed by atoms with Gasteiger partial charge in [-0.2, -0.15) is 0 Å². The fourth-order valence-electron chi connectivity index (χ4n) is 5.22. The van der Waals surface area contributed by atoms with Gasteiger partial charge in [-0.15, -0.1) is 0 Å². The van der Waals surface area contributed by atoms with Crippen molar-refractivity contribution in [2.75, 3.05) is 26.2 Å². The zero-order chi connectivity index (χ0) is 19.0. The molecule has 146 valence electrons. The maximum Gasteiger partial charge on any atom is 0.317 e. The fraction of sp³-hybridized carbons (Fsp3) is 0.591. The average molecular weight is 369 g/mol. The van der Waals surface area contributed by atoms with Crippen LogP contribution in [0.4, 0.5) is 4.79 Å². The first-order chi connectivity index (χ1) is 13.2. The second kappa shape index (κ2) is 7.55. The number of urea groups is 1. The van der Waals surface area contributed by atoms with Crippen molar-refractivity contribution < 1.29 is 4.79 Å². The lowest BCUT2D eigenvalue weighted by atomic mass is 9.74. The standard InChI is InChI=1S/C22H32N4O/c1-4-10-26-14-16(24-22(27)25(5-2)6-3)12-18-17-8-7-9-19-21(17)15(13-23-19)11-20(18)26/h7-9,13,16,18,20,23H,4-6,10-12,14H2,1-3H3,(H,24,27)/t16-,18-,20-/m1/s1. The van der Waals surface area contributed by atoms with Crippen LogP contribution < -0.4 is 5.32 Å². The van der Waals surface area contributed by atoms with Gasteiger partial charge in [-0.05, 0) is 56.8 Å². The van der Waals surface area contributed by atoms with Crippen LogP contribution >= 0.6 is 0 Å². The second-order valence-corrected chi connectivity index (χ2v) is 8.01. The van der Waals surface area contributed by atoms with Crippen molar-refractivity contribution >= 4 is 16.9 Å². The number of hydrogen-bond donors (Lipinski definition) is 2. The molecule has 2 N–H and O–H groups in total. The third-order valence-corrected chi connectivity index (χ3v) is 6.46. The highest BCUT2D eigenvalue weighted by Gasteiger charge is 2.41. The van der Waals surface area contributed by atoms with Crippen LogP contribution in [0.5, 0.6) is 0 Å². The van der Waals surface area contributed by atoms with Crippen LogP contribution in [0.1, 0.15) is 50.7 Å². The monoisotopic (exact) mass is 368 g/mol. The van der Waals surface area contributed by atoms with E-state index in [-0.39, 0.29) is 12.1 Å². The number of nitrogens with one attached hydrogen (secondary N) is 2. The number of aromatic amines is 1. The molecule has 27 heavy (non-hydrogen) atoms. The van der Waals surface area contributed by atoms with E-state index in [1.807, 2.05) is 18.7 Å². The first kappa shape index (κ1) is 18.4. The number of H-pyrrole nitrogens is 1. The van der Waals surface area contributed by atoms with Gasteiger partial charge in [0, 0.05) is 54.7 Å². The van der Waals surface area contributed by atoms with Crippen molar-refractivity contribution in [3.05, 3.63) is 35.5 Å². The van der Waals surface area contributed by atoms with Crippen molar-refractivity contribution in [2.24, 2.45) is 0 Å². The Morgan fingerprint density at radius 2 is 2.11 bits per heavy atom. The third kappa shape index (κ3) is 3.22. The first-order valence-electron chi connectivity index (χ1n) is 10.5. The zero-order valence-corrected chi connectivity index (χ0v) is 16.8. The number of nitrogens with zero attached hydrogens (tertiary/aromatic N) is 2. The van der Waals surface area contributed by atoms with Crippen LogP contribution in [0, 0.1) is 0 Å². The number of carbonyl (C=O) groups is 1. The lowest BCUT2D eigenvalue weighted by Crippen LogP contribution is -2.57. The summed E-state index contributed by atoms with van der Waals surface area (Å²) >= 11 is 0. The van der Waals surface area contributed by atoms with Crippen molar-refractivity contribution in [2.45, 2.75) is 58.0 Å². The van der Waals surface area contributed by atoms with E-state index in [9.17, 15) is 4.79 Å². The summed E-state index contributed by atoms with van der Waals surface area (Å²) in [6.07, 6.45) is 5.48. The summed E-state index contributed by atoms with van der Waals surface area (Å²) in [7, 11) is 0. The lowest BCUT2D eigenvalue weighted by Gasteiger charge is -2.47. The number of aromatic nitrogens is 1. The molecule has 0 bridgehead atoms. The number of piperidine rings is 1. The van der Waals surface area contributed by atoms with E-state index in [1.54, 1.807) is 0 Å². The predicted molar refractivity (Wildman–Crippen MR) is 110 cm³/mol. The number of carbonyl (C=O) groups excluding carboxylic acids is 1. The van der Waals surface area contributed by atoms with Gasteiger partial charge in [-0.25, -0.2) is 4.79 Å². The second-order valence-electron chi connectivity index (χ2n) is 8.01. The summed E-state index contributed by atoms with van der Waals surface area (Å²) in [6, 6.07) is 7.48. The SMILES string of the molecule is CCCN1C[C@H](NC(=O)N(CC)CC)C[C@@H]2c3cccc4[nH]cc(c34)C[C@H]21. The molecule has 5 nitrogen and oxygen atoms in total. The van der Waals surface area contributed by atoms with E-state index >= 15 is 0 Å². The van der Waals surface area contributed by atoms with Gasteiger partial charge < -0.3 is 15.2 Å². The molecular weight excluding hydrogens is 336 g/mol. The molecule has 1 fully saturated rings. The average Bonchev–Trinajstić information content (AvgIpc) is 3.08. The minimum absolute atomic E-state index is 0.0799. The van der Waals surface area contributed by atoms with Gasteiger partial charge in [0.15, 0.2) is 0 Å². The summed E-state index contributed by atoms with van der Waals surface area (Å²) in [5.41, 5.74) is 4.16. The Kier molecular flexibility index (Phi) is 5.13. The Bertz CT molecular complexity index is 810. The maximum absolute atomic E-state index is 12.6. The molecule has 2 aromatic rings. The molecule has 0 spiro atoms. The molecule has 1 aliphatic carbocycles. The molecule has 1 aliphatic heterocycles. The highest BCUT2D eigenvalue weighted by Crippen LogP contribution is 2.43. The molecule has 1 aromatic heterocycles. The van der Waals surface area contributed by atoms with Gasteiger partial charge in [0.1, 0.15) is 0 Å². The zero-order valence-electron chi connectivity index (χ0n) is 16.8. The molecule has 4 rings (SSSR count). The van der Waals surface area contributed by atoms with E-state index in [4.69, 9.17) is 0 Å². The molecule has 0 saturated carbocycles. The van der Waals surface area contributed by atoms with Gasteiger partial charge >= 0.3 is 6.03 Å². The van der Waals surface area contributed by atoms with Gasteiger partial charge in [0.2, 0.25) is 0 Å². The van der Waals surface area contributed by atoms with Gasteiger partial charge in [0.25, 0.3) is 0 Å². The predicted octanol–water partition coefficient (Wildman–Crippen LogP) is 3.71. The number of fused-ring (bicyclic) bond motifs is 2. The minimum Gasteiger partial charge on any atom is -0.361 e. The first-order valence-corrected chi connectivity index (χ1v) is 10.5. The molecule has 2 amide bonds. The molecule has 3 atom stereocenters. The van der Waals surface area contributed by atoms with Gasteiger partial charge in [-0.3, -0.25) is 4.90 Å². The highest BCUT2D eigenvalue weighted by atomic mass is 16.2. The smallest absolute Gasteiger partial charge is 0.317 e. The van der Waals surface area contributed by atoms with Crippen LogP contribution in [-0.4, -0.2) is 59.1 Å². The Morgan fingerprint density at radius 3 is 2.85 bits per heavy atom. The van der Waals surface area contributed by atoms with Crippen LogP contribution in [0.25, 0.3) is 10.9 Å². The normalized spacial score (nSPS) is 24.6. The molecular formula is C22H32N4O. The maximum atomic E-state index is 12.6. The number of likely N-dealkylation sites (tertiary alicyclic amines) is 1. The van der Waals surface area contributed by atoms with E-state index in [0.717, 1.165) is 45.4 Å². The van der Waals surface area contributed by atoms with E-state index in [0.29, 0.717) is 12.0 Å². The Labute approximate surface area is 162 Å². The summed E-state index contributed by atoms with van der Waals surface area (Å²) in [4.78, 5) is 20.6. The Morgan fingerprint density at radius 1 is 1.30 bits per heavy atom. The van der Waals surface area contributed by atoms with Crippen molar-refractivity contribution in [1.29, 1.82) is 0 Å². The number of amides is 2. The Hall–Kier alpha value is -2.01. The van der Waals surface area contributed by atoms with Crippen LogP contribution in [0.15, 0.2) is 24.4 Å². The molecule has 2 heterocycles. The van der Waals surface area contributed by atoms with Crippen molar-refractivity contribution in [3.8, 4) is 0 Å². The molecule has 0 unspecified atom stereocenters. The lowest BCUT2D eigenvalue weighted by molar-refractivity contribution is 0.0980. The van der Waals surface area contributed by atoms with Crippen molar-refractivity contribution in [3.63, 3.8) is 0 Å². The summed E-state index contributed by atoms with van der Waals surface area (Å²) in [6.45, 7) is 9.89. The molecule has 0 radical (unpaired) electrons. The van der Waals surface area contributed by atoms with Gasteiger partial charge in [0.05, 0.1) is 0 Å². The molecule has 1 saturated heterocycles.